The van der Waals surface area contributed by atoms with Crippen molar-refractivity contribution in [2.24, 2.45) is 0 Å². The number of fused-ring (bicyclic) bond motifs is 2. The fourth-order valence-corrected chi connectivity index (χ4v) is 3.77. The highest BCUT2D eigenvalue weighted by atomic mass is 79.9. The zero-order valence-electron chi connectivity index (χ0n) is 14.4. The molecule has 0 aliphatic heterocycles. The number of hydrogen-bond acceptors (Lipinski definition) is 2. The number of nitrogens with one attached hydrogen (secondary N) is 1. The summed E-state index contributed by atoms with van der Waals surface area (Å²) in [6.45, 7) is 5.97. The lowest BCUT2D eigenvalue weighted by molar-refractivity contribution is 0.638. The van der Waals surface area contributed by atoms with Gasteiger partial charge in [-0.25, -0.2) is 14.4 Å². The lowest BCUT2D eigenvalue weighted by Gasteiger charge is -2.06. The zero-order chi connectivity index (χ0) is 18.3. The van der Waals surface area contributed by atoms with Crippen LogP contribution < -0.4 is 0 Å². The molecule has 4 aromatic rings. The molecule has 132 valence electrons. The van der Waals surface area contributed by atoms with Crippen LogP contribution in [0.2, 0.25) is 0 Å². The Morgan fingerprint density at radius 1 is 1.35 bits per heavy atom. The van der Waals surface area contributed by atoms with E-state index in [-0.39, 0.29) is 5.82 Å². The minimum absolute atomic E-state index is 0.180. The first kappa shape index (κ1) is 17.0. The van der Waals surface area contributed by atoms with Crippen molar-refractivity contribution < 1.29 is 4.39 Å². The summed E-state index contributed by atoms with van der Waals surface area (Å²) in [6.07, 6.45) is 8.02. The monoisotopic (exact) mass is 412 g/mol. The number of aryl methyl sites for hydroxylation is 2. The number of rotatable bonds is 5. The SMILES string of the molecule is C=C(C)c1cnc2c(CCCc3c[nH]c4cccc(F)c34)nc(Br)cn12. The molecular weight excluding hydrogens is 395 g/mol. The molecule has 4 rings (SSSR count). The van der Waals surface area contributed by atoms with Crippen molar-refractivity contribution in [2.45, 2.75) is 26.2 Å². The molecule has 0 saturated heterocycles. The van der Waals surface area contributed by atoms with Crippen molar-refractivity contribution in [3.63, 3.8) is 0 Å². The van der Waals surface area contributed by atoms with Crippen LogP contribution in [0.3, 0.4) is 0 Å². The molecule has 0 bridgehead atoms. The third-order valence-corrected chi connectivity index (χ3v) is 4.95. The van der Waals surface area contributed by atoms with Gasteiger partial charge in [0.05, 0.1) is 17.6 Å². The van der Waals surface area contributed by atoms with Crippen LogP contribution in [0.4, 0.5) is 4.39 Å². The minimum atomic E-state index is -0.180. The molecule has 0 radical (unpaired) electrons. The first-order valence-electron chi connectivity index (χ1n) is 8.47. The van der Waals surface area contributed by atoms with Gasteiger partial charge in [-0.2, -0.15) is 0 Å². The van der Waals surface area contributed by atoms with E-state index in [2.05, 4.69) is 37.5 Å². The third kappa shape index (κ3) is 2.94. The Morgan fingerprint density at radius 3 is 3.00 bits per heavy atom. The molecule has 6 heteroatoms. The van der Waals surface area contributed by atoms with E-state index in [9.17, 15) is 4.39 Å². The lowest BCUT2D eigenvalue weighted by atomic mass is 10.1. The maximum absolute atomic E-state index is 14.1. The van der Waals surface area contributed by atoms with Gasteiger partial charge in [-0.15, -0.1) is 0 Å². The number of H-pyrrole nitrogens is 1. The van der Waals surface area contributed by atoms with Gasteiger partial charge in [0.2, 0.25) is 0 Å². The maximum Gasteiger partial charge on any atom is 0.159 e. The molecule has 0 aliphatic rings. The number of nitrogens with zero attached hydrogens (tertiary/aromatic N) is 3. The summed E-state index contributed by atoms with van der Waals surface area (Å²) < 4.78 is 16.9. The number of allylic oxidation sites excluding steroid dienone is 1. The summed E-state index contributed by atoms with van der Waals surface area (Å²) in [5.74, 6) is -0.180. The molecule has 0 unspecified atom stereocenters. The molecule has 0 fully saturated rings. The summed E-state index contributed by atoms with van der Waals surface area (Å²) >= 11 is 3.48. The molecule has 0 saturated carbocycles. The smallest absolute Gasteiger partial charge is 0.159 e. The molecule has 1 aromatic carbocycles. The molecule has 3 aromatic heterocycles. The van der Waals surface area contributed by atoms with Crippen LogP contribution in [-0.2, 0) is 12.8 Å². The zero-order valence-corrected chi connectivity index (χ0v) is 16.0. The van der Waals surface area contributed by atoms with Gasteiger partial charge in [0.25, 0.3) is 0 Å². The molecular formula is C20H18BrFN4. The van der Waals surface area contributed by atoms with Crippen molar-refractivity contribution in [3.8, 4) is 0 Å². The van der Waals surface area contributed by atoms with Gasteiger partial charge >= 0.3 is 0 Å². The lowest BCUT2D eigenvalue weighted by Crippen LogP contribution is -2.00. The summed E-state index contributed by atoms with van der Waals surface area (Å²) in [7, 11) is 0. The van der Waals surface area contributed by atoms with E-state index < -0.39 is 0 Å². The Labute approximate surface area is 158 Å². The van der Waals surface area contributed by atoms with Crippen LogP contribution in [0.25, 0.3) is 22.1 Å². The molecule has 0 amide bonds. The predicted octanol–water partition coefficient (Wildman–Crippen LogP) is 5.32. The topological polar surface area (TPSA) is 46.0 Å². The van der Waals surface area contributed by atoms with Crippen LogP contribution in [0.15, 0.2) is 48.0 Å². The van der Waals surface area contributed by atoms with Crippen LogP contribution in [0.5, 0.6) is 0 Å². The van der Waals surface area contributed by atoms with Crippen LogP contribution in [-0.4, -0.2) is 19.4 Å². The van der Waals surface area contributed by atoms with Gasteiger partial charge in [0, 0.05) is 23.3 Å². The summed E-state index contributed by atoms with van der Waals surface area (Å²) in [6, 6.07) is 5.12. The van der Waals surface area contributed by atoms with Crippen LogP contribution in [0.1, 0.15) is 30.3 Å². The van der Waals surface area contributed by atoms with Gasteiger partial charge < -0.3 is 4.98 Å². The number of aromatic amines is 1. The van der Waals surface area contributed by atoms with E-state index >= 15 is 0 Å². The largest absolute Gasteiger partial charge is 0.361 e. The highest BCUT2D eigenvalue weighted by Crippen LogP contribution is 2.24. The molecule has 26 heavy (non-hydrogen) atoms. The summed E-state index contributed by atoms with van der Waals surface area (Å²) in [4.78, 5) is 12.3. The standard InChI is InChI=1S/C20H18BrFN4/c1-12(2)17-10-24-20-16(25-18(21)11-26(17)20)8-3-5-13-9-23-15-7-4-6-14(22)19(13)15/h4,6-7,9-11,23H,1,3,5,8H2,2H3. The van der Waals surface area contributed by atoms with Crippen LogP contribution >= 0.6 is 15.9 Å². The van der Waals surface area contributed by atoms with E-state index in [0.29, 0.717) is 5.39 Å². The maximum atomic E-state index is 14.1. The van der Waals surface area contributed by atoms with Gasteiger partial charge in [-0.05, 0) is 65.4 Å². The van der Waals surface area contributed by atoms with Gasteiger partial charge in [0.1, 0.15) is 10.4 Å². The van der Waals surface area contributed by atoms with Crippen molar-refractivity contribution >= 4 is 38.1 Å². The fourth-order valence-electron chi connectivity index (χ4n) is 3.35. The van der Waals surface area contributed by atoms with E-state index in [0.717, 1.165) is 57.6 Å². The Kier molecular flexibility index (Phi) is 4.36. The summed E-state index contributed by atoms with van der Waals surface area (Å²) in [5.41, 5.74) is 5.53. The Bertz CT molecular complexity index is 1130. The van der Waals surface area contributed by atoms with Gasteiger partial charge in [-0.1, -0.05) is 12.6 Å². The average Bonchev–Trinajstić information content (AvgIpc) is 3.20. The van der Waals surface area contributed by atoms with Crippen molar-refractivity contribution in [2.75, 3.05) is 0 Å². The predicted molar refractivity (Wildman–Crippen MR) is 106 cm³/mol. The highest BCUT2D eigenvalue weighted by molar-refractivity contribution is 9.10. The highest BCUT2D eigenvalue weighted by Gasteiger charge is 2.12. The second-order valence-electron chi connectivity index (χ2n) is 6.46. The first-order valence-corrected chi connectivity index (χ1v) is 9.26. The van der Waals surface area contributed by atoms with E-state index in [4.69, 9.17) is 0 Å². The first-order chi connectivity index (χ1) is 12.5. The fraction of sp³-hybridized carbons (Fsp3) is 0.200. The van der Waals surface area contributed by atoms with Gasteiger partial charge in [0.15, 0.2) is 5.65 Å². The number of imidazole rings is 1. The number of halogens is 2. The van der Waals surface area contributed by atoms with Crippen molar-refractivity contribution in [1.82, 2.24) is 19.4 Å². The van der Waals surface area contributed by atoms with E-state index in [1.807, 2.05) is 36.0 Å². The number of benzene rings is 1. The van der Waals surface area contributed by atoms with Crippen molar-refractivity contribution in [1.29, 1.82) is 0 Å². The Hall–Kier alpha value is -2.47. The molecule has 4 nitrogen and oxygen atoms in total. The Morgan fingerprint density at radius 2 is 2.19 bits per heavy atom. The van der Waals surface area contributed by atoms with Gasteiger partial charge in [-0.3, -0.25) is 4.40 Å². The molecule has 0 atom stereocenters. The quantitative estimate of drug-likeness (QED) is 0.481. The van der Waals surface area contributed by atoms with Crippen molar-refractivity contribution in [3.05, 3.63) is 70.7 Å². The minimum Gasteiger partial charge on any atom is -0.361 e. The molecule has 3 heterocycles. The van der Waals surface area contributed by atoms with E-state index in [1.54, 1.807) is 6.07 Å². The summed E-state index contributed by atoms with van der Waals surface area (Å²) in [5, 5.41) is 0.685. The molecule has 0 spiro atoms. The second-order valence-corrected chi connectivity index (χ2v) is 7.27. The van der Waals surface area contributed by atoms with Crippen LogP contribution in [0, 0.1) is 5.82 Å². The Balaban J connectivity index is 1.59. The normalized spacial score (nSPS) is 11.5. The van der Waals surface area contributed by atoms with E-state index in [1.165, 1.54) is 6.07 Å². The molecule has 0 aliphatic carbocycles. The number of aromatic nitrogens is 4. The average molecular weight is 413 g/mol. The second kappa shape index (κ2) is 6.68. The number of hydrogen-bond donors (Lipinski definition) is 1. The molecule has 1 N–H and O–H groups in total. The third-order valence-electron chi connectivity index (χ3n) is 4.57.